The van der Waals surface area contributed by atoms with Crippen molar-refractivity contribution in [2.24, 2.45) is 5.73 Å². The first kappa shape index (κ1) is 12.9. The monoisotopic (exact) mass is 335 g/mol. The predicted octanol–water partition coefficient (Wildman–Crippen LogP) is 2.69. The van der Waals surface area contributed by atoms with Gasteiger partial charge in [0.1, 0.15) is 0 Å². The van der Waals surface area contributed by atoms with Gasteiger partial charge in [0.05, 0.1) is 16.4 Å². The highest BCUT2D eigenvalue weighted by Crippen LogP contribution is 2.34. The molecule has 1 aromatic rings. The normalized spacial score (nSPS) is 12.3. The second kappa shape index (κ2) is 5.57. The molecule has 0 aliphatic heterocycles. The molecule has 3 N–H and O–H groups in total. The van der Waals surface area contributed by atoms with Gasteiger partial charge in [0.25, 0.3) is 0 Å². The lowest BCUT2D eigenvalue weighted by Gasteiger charge is -2.02. The smallest absolute Gasteiger partial charge is 0.0843 e. The number of halogens is 3. The van der Waals surface area contributed by atoms with Gasteiger partial charge in [-0.25, -0.2) is 0 Å². The second-order valence-corrected chi connectivity index (χ2v) is 5.32. The molecule has 1 atom stereocenters. The maximum atomic E-state index is 8.74. The molecular weight excluding hydrogens is 329 g/mol. The van der Waals surface area contributed by atoms with Gasteiger partial charge in [0, 0.05) is 9.35 Å². The zero-order valence-corrected chi connectivity index (χ0v) is 10.8. The topological polar surface area (TPSA) is 46.2 Å². The van der Waals surface area contributed by atoms with Crippen molar-refractivity contribution in [1.29, 1.82) is 0 Å². The molecule has 0 aromatic carbocycles. The summed E-state index contributed by atoms with van der Waals surface area (Å²) in [5.41, 5.74) is 5.60. The van der Waals surface area contributed by atoms with E-state index < -0.39 is 0 Å². The summed E-state index contributed by atoms with van der Waals surface area (Å²) < 4.78 is 2.00. The van der Waals surface area contributed by atoms with Gasteiger partial charge in [-0.05, 0) is 37.9 Å². The Hall–Kier alpha value is 0.870. The lowest BCUT2D eigenvalue weighted by atomic mass is 10.3. The molecular formula is C6H8Br2ClNOS. The summed E-state index contributed by atoms with van der Waals surface area (Å²) >= 11 is 8.22. The fourth-order valence-electron chi connectivity index (χ4n) is 0.636. The molecule has 0 aliphatic carbocycles. The van der Waals surface area contributed by atoms with Crippen molar-refractivity contribution in [1.82, 2.24) is 0 Å². The van der Waals surface area contributed by atoms with Crippen molar-refractivity contribution >= 4 is 55.6 Å². The summed E-state index contributed by atoms with van der Waals surface area (Å²) in [4.78, 5) is 0.978. The molecule has 0 amide bonds. The van der Waals surface area contributed by atoms with Crippen LogP contribution in [0.2, 0.25) is 0 Å². The standard InChI is InChI=1S/C6H7Br2NOS.ClH/c7-3-1-5(4(9)2-10)11-6(3)8;/h1,4,10H,2,9H2;1H/t4-;/m0./s1. The van der Waals surface area contributed by atoms with Crippen molar-refractivity contribution in [3.8, 4) is 0 Å². The highest BCUT2D eigenvalue weighted by molar-refractivity contribution is 9.13. The van der Waals surface area contributed by atoms with Crippen LogP contribution in [0.25, 0.3) is 0 Å². The van der Waals surface area contributed by atoms with Gasteiger partial charge in [-0.2, -0.15) is 0 Å². The van der Waals surface area contributed by atoms with E-state index >= 15 is 0 Å². The molecule has 1 aromatic heterocycles. The maximum Gasteiger partial charge on any atom is 0.0843 e. The van der Waals surface area contributed by atoms with Gasteiger partial charge in [-0.1, -0.05) is 0 Å². The number of aliphatic hydroxyl groups excluding tert-OH is 1. The lowest BCUT2D eigenvalue weighted by molar-refractivity contribution is 0.269. The fraction of sp³-hybridized carbons (Fsp3) is 0.333. The second-order valence-electron chi connectivity index (χ2n) is 2.06. The van der Waals surface area contributed by atoms with E-state index in [-0.39, 0.29) is 25.1 Å². The highest BCUT2D eigenvalue weighted by atomic mass is 79.9. The molecule has 0 saturated heterocycles. The molecule has 0 fully saturated rings. The van der Waals surface area contributed by atoms with E-state index in [2.05, 4.69) is 31.9 Å². The van der Waals surface area contributed by atoms with Crippen LogP contribution in [0.1, 0.15) is 10.9 Å². The first-order valence-corrected chi connectivity index (χ1v) is 5.36. The fourth-order valence-corrected chi connectivity index (χ4v) is 2.72. The van der Waals surface area contributed by atoms with Crippen LogP contribution in [0.15, 0.2) is 14.3 Å². The molecule has 1 rings (SSSR count). The highest BCUT2D eigenvalue weighted by Gasteiger charge is 2.09. The largest absolute Gasteiger partial charge is 0.394 e. The van der Waals surface area contributed by atoms with Crippen LogP contribution in [0.3, 0.4) is 0 Å². The third-order valence-electron chi connectivity index (χ3n) is 1.23. The summed E-state index contributed by atoms with van der Waals surface area (Å²) in [6.07, 6.45) is 0. The van der Waals surface area contributed by atoms with Crippen molar-refractivity contribution < 1.29 is 5.11 Å². The third-order valence-corrected chi connectivity index (χ3v) is 4.61. The van der Waals surface area contributed by atoms with Crippen LogP contribution < -0.4 is 5.73 Å². The lowest BCUT2D eigenvalue weighted by Crippen LogP contribution is -2.12. The van der Waals surface area contributed by atoms with Crippen molar-refractivity contribution in [3.63, 3.8) is 0 Å². The van der Waals surface area contributed by atoms with Crippen LogP contribution in [0.5, 0.6) is 0 Å². The maximum absolute atomic E-state index is 8.74. The van der Waals surface area contributed by atoms with Crippen molar-refractivity contribution in [2.45, 2.75) is 6.04 Å². The van der Waals surface area contributed by atoms with Crippen LogP contribution in [0, 0.1) is 0 Å². The molecule has 0 unspecified atom stereocenters. The minimum atomic E-state index is -0.261. The van der Waals surface area contributed by atoms with Crippen molar-refractivity contribution in [3.05, 3.63) is 19.2 Å². The molecule has 2 nitrogen and oxygen atoms in total. The van der Waals surface area contributed by atoms with E-state index in [0.29, 0.717) is 0 Å². The van der Waals surface area contributed by atoms with Gasteiger partial charge in [0.15, 0.2) is 0 Å². The SMILES string of the molecule is Cl.N[C@@H](CO)c1cc(Br)c(Br)s1. The molecule has 0 spiro atoms. The number of hydrogen-bond acceptors (Lipinski definition) is 3. The van der Waals surface area contributed by atoms with Gasteiger partial charge >= 0.3 is 0 Å². The van der Waals surface area contributed by atoms with E-state index in [1.54, 1.807) is 0 Å². The van der Waals surface area contributed by atoms with E-state index in [9.17, 15) is 0 Å². The van der Waals surface area contributed by atoms with Crippen LogP contribution >= 0.6 is 55.6 Å². The first-order valence-electron chi connectivity index (χ1n) is 2.96. The molecule has 1 heterocycles. The molecule has 0 bridgehead atoms. The Balaban J connectivity index is 0.00000121. The Bertz CT molecular complexity index is 236. The minimum Gasteiger partial charge on any atom is -0.394 e. The van der Waals surface area contributed by atoms with E-state index in [4.69, 9.17) is 10.8 Å². The Morgan fingerprint density at radius 1 is 1.58 bits per heavy atom. The number of hydrogen-bond donors (Lipinski definition) is 2. The minimum absolute atomic E-state index is 0. The average molecular weight is 337 g/mol. The van der Waals surface area contributed by atoms with Crippen LogP contribution in [0.4, 0.5) is 0 Å². The first-order chi connectivity index (χ1) is 5.15. The van der Waals surface area contributed by atoms with Gasteiger partial charge < -0.3 is 10.8 Å². The molecule has 12 heavy (non-hydrogen) atoms. The van der Waals surface area contributed by atoms with E-state index in [1.165, 1.54) is 11.3 Å². The average Bonchev–Trinajstić information content (AvgIpc) is 2.31. The quantitative estimate of drug-likeness (QED) is 0.872. The van der Waals surface area contributed by atoms with Crippen LogP contribution in [-0.2, 0) is 0 Å². The van der Waals surface area contributed by atoms with E-state index in [0.717, 1.165) is 13.1 Å². The zero-order chi connectivity index (χ0) is 8.43. The van der Waals surface area contributed by atoms with E-state index in [1.807, 2.05) is 6.07 Å². The number of aliphatic hydroxyl groups is 1. The Kier molecular flexibility index (Phi) is 5.97. The Morgan fingerprint density at radius 2 is 2.17 bits per heavy atom. The third kappa shape index (κ3) is 2.97. The van der Waals surface area contributed by atoms with Gasteiger partial charge in [-0.3, -0.25) is 0 Å². The van der Waals surface area contributed by atoms with Crippen LogP contribution in [-0.4, -0.2) is 11.7 Å². The molecule has 6 heteroatoms. The Labute approximate surface area is 97.8 Å². The molecule has 70 valence electrons. The van der Waals surface area contributed by atoms with Crippen molar-refractivity contribution in [2.75, 3.05) is 6.61 Å². The summed E-state index contributed by atoms with van der Waals surface area (Å²) in [6, 6.07) is 1.65. The number of rotatable bonds is 2. The summed E-state index contributed by atoms with van der Waals surface area (Å²) in [7, 11) is 0. The Morgan fingerprint density at radius 3 is 2.50 bits per heavy atom. The predicted molar refractivity (Wildman–Crippen MR) is 61.0 cm³/mol. The number of nitrogens with two attached hydrogens (primary N) is 1. The summed E-state index contributed by atoms with van der Waals surface area (Å²) in [6.45, 7) is -0.0145. The van der Waals surface area contributed by atoms with Gasteiger partial charge in [-0.15, -0.1) is 23.7 Å². The molecule has 0 saturated carbocycles. The summed E-state index contributed by atoms with van der Waals surface area (Å²) in [5.74, 6) is 0. The summed E-state index contributed by atoms with van der Waals surface area (Å²) in [5, 5.41) is 8.74. The molecule has 0 aliphatic rings. The number of thiophene rings is 1. The zero-order valence-electron chi connectivity index (χ0n) is 5.96. The van der Waals surface area contributed by atoms with Gasteiger partial charge in [0.2, 0.25) is 0 Å². The molecule has 0 radical (unpaired) electrons.